The highest BCUT2D eigenvalue weighted by molar-refractivity contribution is 7.13. The van der Waals surface area contributed by atoms with Gasteiger partial charge < -0.3 is 0 Å². The van der Waals surface area contributed by atoms with Gasteiger partial charge in [-0.3, -0.25) is 0 Å². The molecule has 13 heavy (non-hydrogen) atoms. The first-order valence-corrected chi connectivity index (χ1v) is 4.88. The lowest BCUT2D eigenvalue weighted by Crippen LogP contribution is -1.83. The maximum absolute atomic E-state index is 13.4. The summed E-state index contributed by atoms with van der Waals surface area (Å²) in [4.78, 5) is 4.01. The first-order chi connectivity index (χ1) is 6.29. The Morgan fingerprint density at radius 3 is 2.92 bits per heavy atom. The summed E-state index contributed by atoms with van der Waals surface area (Å²) in [6, 6.07) is 4.90. The fraction of sp³-hybridized carbons (Fsp3) is 0. The molecule has 2 aromatic rings. The summed E-state index contributed by atoms with van der Waals surface area (Å²) in [6.07, 6.45) is 1.64. The van der Waals surface area contributed by atoms with Gasteiger partial charge in [0.2, 0.25) is 0 Å². The minimum Gasteiger partial charge on any atom is -0.244 e. The Morgan fingerprint density at radius 1 is 1.38 bits per heavy atom. The molecule has 0 fully saturated rings. The van der Waals surface area contributed by atoms with Crippen molar-refractivity contribution < 1.29 is 4.39 Å². The number of nitrogens with zero attached hydrogens (tertiary/aromatic N) is 1. The van der Waals surface area contributed by atoms with Crippen LogP contribution in [-0.4, -0.2) is 4.98 Å². The summed E-state index contributed by atoms with van der Waals surface area (Å²) in [5.41, 5.74) is 0.461. The van der Waals surface area contributed by atoms with E-state index in [2.05, 4.69) is 4.98 Å². The first kappa shape index (κ1) is 8.66. The molecule has 0 N–H and O–H groups in total. The first-order valence-electron chi connectivity index (χ1n) is 3.63. The van der Waals surface area contributed by atoms with Crippen molar-refractivity contribution in [3.8, 4) is 10.6 Å². The van der Waals surface area contributed by atoms with Gasteiger partial charge in [0.15, 0.2) is 5.82 Å². The van der Waals surface area contributed by atoms with Crippen molar-refractivity contribution in [2.75, 3.05) is 0 Å². The fourth-order valence-corrected chi connectivity index (χ4v) is 1.86. The second-order valence-corrected chi connectivity index (χ2v) is 3.74. The van der Waals surface area contributed by atoms with E-state index in [9.17, 15) is 4.39 Å². The molecule has 0 unspecified atom stereocenters. The van der Waals surface area contributed by atoms with Gasteiger partial charge in [0, 0.05) is 17.1 Å². The van der Waals surface area contributed by atoms with E-state index >= 15 is 0 Å². The molecule has 4 heteroatoms. The van der Waals surface area contributed by atoms with E-state index in [4.69, 9.17) is 11.6 Å². The number of hydrogen-bond donors (Lipinski definition) is 0. The largest absolute Gasteiger partial charge is 0.244 e. The Balaban J connectivity index is 2.59. The van der Waals surface area contributed by atoms with Gasteiger partial charge in [-0.1, -0.05) is 17.7 Å². The summed E-state index contributed by atoms with van der Waals surface area (Å²) in [5, 5.41) is 2.59. The van der Waals surface area contributed by atoms with Crippen LogP contribution >= 0.6 is 22.9 Å². The normalized spacial score (nSPS) is 10.3. The van der Waals surface area contributed by atoms with Gasteiger partial charge in [0.1, 0.15) is 5.01 Å². The van der Waals surface area contributed by atoms with Gasteiger partial charge in [-0.15, -0.1) is 11.3 Å². The molecule has 0 spiro atoms. The Bertz CT molecular complexity index is 414. The van der Waals surface area contributed by atoms with Gasteiger partial charge in [-0.05, 0) is 12.1 Å². The molecule has 0 aliphatic carbocycles. The summed E-state index contributed by atoms with van der Waals surface area (Å²) >= 11 is 7.02. The highest BCUT2D eigenvalue weighted by Crippen LogP contribution is 2.28. The average molecular weight is 214 g/mol. The minimum atomic E-state index is -0.404. The number of rotatable bonds is 1. The molecule has 0 aliphatic heterocycles. The third-order valence-corrected chi connectivity index (χ3v) is 2.71. The van der Waals surface area contributed by atoms with Crippen LogP contribution in [0, 0.1) is 5.82 Å². The van der Waals surface area contributed by atoms with Crippen molar-refractivity contribution in [1.29, 1.82) is 0 Å². The summed E-state index contributed by atoms with van der Waals surface area (Å²) in [5.74, 6) is -0.404. The van der Waals surface area contributed by atoms with Crippen LogP contribution in [0.15, 0.2) is 29.8 Å². The van der Waals surface area contributed by atoms with Crippen molar-refractivity contribution in [2.45, 2.75) is 0 Å². The van der Waals surface area contributed by atoms with Crippen molar-refractivity contribution in [3.05, 3.63) is 40.6 Å². The average Bonchev–Trinajstić information content (AvgIpc) is 2.62. The number of halogens is 2. The second kappa shape index (κ2) is 3.44. The zero-order valence-corrected chi connectivity index (χ0v) is 8.07. The molecule has 0 atom stereocenters. The SMILES string of the molecule is Fc1c(Cl)cccc1-c1nccs1. The number of thiazole rings is 1. The Kier molecular flexibility index (Phi) is 2.29. The topological polar surface area (TPSA) is 12.9 Å². The molecule has 0 amide bonds. The van der Waals surface area contributed by atoms with Crippen molar-refractivity contribution in [1.82, 2.24) is 4.98 Å². The predicted octanol–water partition coefficient (Wildman–Crippen LogP) is 3.60. The zero-order valence-electron chi connectivity index (χ0n) is 6.50. The lowest BCUT2D eigenvalue weighted by atomic mass is 10.2. The predicted molar refractivity (Wildman–Crippen MR) is 52.5 cm³/mol. The van der Waals surface area contributed by atoms with E-state index in [1.54, 1.807) is 23.7 Å². The number of benzene rings is 1. The highest BCUT2D eigenvalue weighted by atomic mass is 35.5. The quantitative estimate of drug-likeness (QED) is 0.705. The lowest BCUT2D eigenvalue weighted by Gasteiger charge is -1.99. The third kappa shape index (κ3) is 1.57. The van der Waals surface area contributed by atoms with E-state index < -0.39 is 5.82 Å². The Morgan fingerprint density at radius 2 is 2.23 bits per heavy atom. The van der Waals surface area contributed by atoms with Crippen LogP contribution in [0.2, 0.25) is 5.02 Å². The smallest absolute Gasteiger partial charge is 0.152 e. The van der Waals surface area contributed by atoms with E-state index in [-0.39, 0.29) is 5.02 Å². The van der Waals surface area contributed by atoms with Crippen LogP contribution in [0.25, 0.3) is 10.6 Å². The molecular formula is C9H5ClFNS. The lowest BCUT2D eigenvalue weighted by molar-refractivity contribution is 0.631. The van der Waals surface area contributed by atoms with Crippen molar-refractivity contribution in [2.24, 2.45) is 0 Å². The van der Waals surface area contributed by atoms with E-state index in [0.29, 0.717) is 10.6 Å². The van der Waals surface area contributed by atoms with Gasteiger partial charge >= 0.3 is 0 Å². The van der Waals surface area contributed by atoms with Crippen LogP contribution in [0.5, 0.6) is 0 Å². The summed E-state index contributed by atoms with van der Waals surface area (Å²) < 4.78 is 13.4. The maximum Gasteiger partial charge on any atom is 0.152 e. The summed E-state index contributed by atoms with van der Waals surface area (Å²) in [7, 11) is 0. The van der Waals surface area contributed by atoms with Gasteiger partial charge in [-0.2, -0.15) is 0 Å². The second-order valence-electron chi connectivity index (χ2n) is 2.44. The van der Waals surface area contributed by atoms with Gasteiger partial charge in [-0.25, -0.2) is 9.37 Å². The minimum absolute atomic E-state index is 0.132. The Labute approximate surface area is 83.8 Å². The molecule has 1 nitrogen and oxygen atoms in total. The van der Waals surface area contributed by atoms with Gasteiger partial charge in [0.25, 0.3) is 0 Å². The fourth-order valence-electron chi connectivity index (χ4n) is 1.03. The molecule has 0 aliphatic rings. The molecule has 1 aromatic heterocycles. The zero-order chi connectivity index (χ0) is 9.26. The molecule has 1 heterocycles. The number of aromatic nitrogens is 1. The Hall–Kier alpha value is -0.930. The highest BCUT2D eigenvalue weighted by Gasteiger charge is 2.09. The van der Waals surface area contributed by atoms with Crippen LogP contribution in [0.4, 0.5) is 4.39 Å². The third-order valence-electron chi connectivity index (χ3n) is 1.61. The molecule has 0 saturated heterocycles. The van der Waals surface area contributed by atoms with E-state index in [1.165, 1.54) is 17.4 Å². The maximum atomic E-state index is 13.4. The van der Waals surface area contributed by atoms with Crippen molar-refractivity contribution in [3.63, 3.8) is 0 Å². The molecule has 2 rings (SSSR count). The monoisotopic (exact) mass is 213 g/mol. The van der Waals surface area contributed by atoms with E-state index in [1.807, 2.05) is 0 Å². The van der Waals surface area contributed by atoms with Crippen LogP contribution in [0.3, 0.4) is 0 Å². The number of hydrogen-bond acceptors (Lipinski definition) is 2. The van der Waals surface area contributed by atoms with Crippen LogP contribution < -0.4 is 0 Å². The van der Waals surface area contributed by atoms with Crippen LogP contribution in [-0.2, 0) is 0 Å². The van der Waals surface area contributed by atoms with E-state index in [0.717, 1.165) is 0 Å². The standard InChI is InChI=1S/C9H5ClFNS/c10-7-3-1-2-6(8(7)11)9-12-4-5-13-9/h1-5H. The van der Waals surface area contributed by atoms with Crippen LogP contribution in [0.1, 0.15) is 0 Å². The molecule has 0 bridgehead atoms. The molecule has 66 valence electrons. The molecule has 0 radical (unpaired) electrons. The summed E-state index contributed by atoms with van der Waals surface area (Å²) in [6.45, 7) is 0. The molecular weight excluding hydrogens is 209 g/mol. The van der Waals surface area contributed by atoms with Crippen molar-refractivity contribution >= 4 is 22.9 Å². The molecule has 1 aromatic carbocycles. The molecule has 0 saturated carbocycles. The van der Waals surface area contributed by atoms with Gasteiger partial charge in [0.05, 0.1) is 5.02 Å².